The zero-order valence-corrected chi connectivity index (χ0v) is 13.1. The summed E-state index contributed by atoms with van der Waals surface area (Å²) in [5.41, 5.74) is 0.978. The van der Waals surface area contributed by atoms with Gasteiger partial charge in [0.15, 0.2) is 0 Å². The molecule has 0 aliphatic rings. The van der Waals surface area contributed by atoms with Crippen molar-refractivity contribution in [3.8, 4) is 11.5 Å². The number of rotatable bonds is 7. The Kier molecular flexibility index (Phi) is 5.76. The van der Waals surface area contributed by atoms with Crippen molar-refractivity contribution in [1.29, 1.82) is 0 Å². The molecule has 112 valence electrons. The molecule has 0 aliphatic heterocycles. The van der Waals surface area contributed by atoms with Gasteiger partial charge in [-0.2, -0.15) is 0 Å². The van der Waals surface area contributed by atoms with Crippen molar-refractivity contribution in [3.05, 3.63) is 53.6 Å². The molecule has 0 spiro atoms. The van der Waals surface area contributed by atoms with E-state index in [9.17, 15) is 0 Å². The Labute approximate surface area is 130 Å². The van der Waals surface area contributed by atoms with Crippen molar-refractivity contribution < 1.29 is 9.47 Å². The van der Waals surface area contributed by atoms with Gasteiger partial charge in [0.05, 0.1) is 18.8 Å². The minimum atomic E-state index is 0.0286. The maximum Gasteiger partial charge on any atom is 0.142 e. The van der Waals surface area contributed by atoms with Crippen molar-refractivity contribution in [2.24, 2.45) is 0 Å². The molecule has 1 unspecified atom stereocenters. The van der Waals surface area contributed by atoms with Crippen LogP contribution in [0.1, 0.15) is 13.8 Å². The summed E-state index contributed by atoms with van der Waals surface area (Å²) in [6, 6.07) is 15.3. The third-order valence-corrected chi connectivity index (χ3v) is 3.17. The largest absolute Gasteiger partial charge is 0.492 e. The summed E-state index contributed by atoms with van der Waals surface area (Å²) in [4.78, 5) is 0. The molecule has 21 heavy (non-hydrogen) atoms. The summed E-state index contributed by atoms with van der Waals surface area (Å²) in [6.07, 6.45) is 0.0286. The van der Waals surface area contributed by atoms with Gasteiger partial charge < -0.3 is 14.8 Å². The lowest BCUT2D eigenvalue weighted by Crippen LogP contribution is -2.22. The van der Waals surface area contributed by atoms with E-state index in [4.69, 9.17) is 21.1 Å². The predicted molar refractivity (Wildman–Crippen MR) is 87.6 cm³/mol. The molecule has 2 aromatic rings. The summed E-state index contributed by atoms with van der Waals surface area (Å²) in [7, 11) is 0. The third kappa shape index (κ3) is 4.87. The smallest absolute Gasteiger partial charge is 0.142 e. The molecule has 0 aromatic heterocycles. The van der Waals surface area contributed by atoms with E-state index >= 15 is 0 Å². The summed E-state index contributed by atoms with van der Waals surface area (Å²) in [5, 5.41) is 4.06. The minimum Gasteiger partial charge on any atom is -0.492 e. The first-order valence-electron chi connectivity index (χ1n) is 7.07. The molecule has 4 heteroatoms. The fourth-order valence-electron chi connectivity index (χ4n) is 1.93. The van der Waals surface area contributed by atoms with Crippen LogP contribution in [0.3, 0.4) is 0 Å². The summed E-state index contributed by atoms with van der Waals surface area (Å²) in [6.45, 7) is 5.33. The van der Waals surface area contributed by atoms with Crippen LogP contribution in [-0.4, -0.2) is 19.3 Å². The maximum absolute atomic E-state index is 5.85. The number of hydrogen-bond donors (Lipinski definition) is 1. The average Bonchev–Trinajstić information content (AvgIpc) is 2.49. The van der Waals surface area contributed by atoms with E-state index in [-0.39, 0.29) is 6.10 Å². The SMILES string of the molecule is CCOc1ccccc1NCC(C)Oc1ccc(Cl)cc1. The standard InChI is InChI=1S/C17H20ClNO2/c1-3-20-17-7-5-4-6-16(17)19-12-13(2)21-15-10-8-14(18)9-11-15/h4-11,13,19H,3,12H2,1-2H3. The van der Waals surface area contributed by atoms with Crippen molar-refractivity contribution in [1.82, 2.24) is 0 Å². The van der Waals surface area contributed by atoms with Gasteiger partial charge in [-0.05, 0) is 50.2 Å². The Balaban J connectivity index is 1.89. The first-order chi connectivity index (χ1) is 10.2. The maximum atomic E-state index is 5.85. The topological polar surface area (TPSA) is 30.5 Å². The van der Waals surface area contributed by atoms with Gasteiger partial charge in [0, 0.05) is 5.02 Å². The Bertz CT molecular complexity index is 557. The number of halogens is 1. The Morgan fingerprint density at radius 1 is 1.10 bits per heavy atom. The molecule has 0 saturated heterocycles. The van der Waals surface area contributed by atoms with E-state index in [1.165, 1.54) is 0 Å². The van der Waals surface area contributed by atoms with E-state index < -0.39 is 0 Å². The van der Waals surface area contributed by atoms with Crippen LogP contribution in [-0.2, 0) is 0 Å². The van der Waals surface area contributed by atoms with E-state index in [0.29, 0.717) is 18.2 Å². The monoisotopic (exact) mass is 305 g/mol. The van der Waals surface area contributed by atoms with Crippen LogP contribution in [0, 0.1) is 0 Å². The van der Waals surface area contributed by atoms with Gasteiger partial charge in [0.1, 0.15) is 17.6 Å². The first-order valence-corrected chi connectivity index (χ1v) is 7.44. The van der Waals surface area contributed by atoms with Gasteiger partial charge >= 0.3 is 0 Å². The number of hydrogen-bond acceptors (Lipinski definition) is 3. The highest BCUT2D eigenvalue weighted by Gasteiger charge is 2.06. The van der Waals surface area contributed by atoms with Gasteiger partial charge in [0.2, 0.25) is 0 Å². The molecule has 1 N–H and O–H groups in total. The number of benzene rings is 2. The molecule has 3 nitrogen and oxygen atoms in total. The molecular weight excluding hydrogens is 286 g/mol. The molecule has 0 amide bonds. The molecule has 0 radical (unpaired) electrons. The molecule has 1 atom stereocenters. The van der Waals surface area contributed by atoms with Gasteiger partial charge in [-0.25, -0.2) is 0 Å². The van der Waals surface area contributed by atoms with Crippen LogP contribution < -0.4 is 14.8 Å². The van der Waals surface area contributed by atoms with Crippen LogP contribution in [0.25, 0.3) is 0 Å². The predicted octanol–water partition coefficient (Wildman–Crippen LogP) is 4.62. The fourth-order valence-corrected chi connectivity index (χ4v) is 2.06. The van der Waals surface area contributed by atoms with E-state index in [0.717, 1.165) is 17.2 Å². The lowest BCUT2D eigenvalue weighted by Gasteiger charge is -2.17. The zero-order valence-electron chi connectivity index (χ0n) is 12.3. The normalized spacial score (nSPS) is 11.8. The lowest BCUT2D eigenvalue weighted by atomic mass is 10.2. The molecule has 0 bridgehead atoms. The Morgan fingerprint density at radius 3 is 2.52 bits per heavy atom. The second kappa shape index (κ2) is 7.79. The fraction of sp³-hybridized carbons (Fsp3) is 0.294. The molecule has 0 heterocycles. The van der Waals surface area contributed by atoms with Crippen LogP contribution in [0.4, 0.5) is 5.69 Å². The highest BCUT2D eigenvalue weighted by Crippen LogP contribution is 2.24. The number of nitrogens with one attached hydrogen (secondary N) is 1. The van der Waals surface area contributed by atoms with Crippen molar-refractivity contribution in [2.45, 2.75) is 20.0 Å². The quantitative estimate of drug-likeness (QED) is 0.809. The number of ether oxygens (including phenoxy) is 2. The van der Waals surface area contributed by atoms with E-state index in [1.807, 2.05) is 62.4 Å². The highest BCUT2D eigenvalue weighted by atomic mass is 35.5. The van der Waals surface area contributed by atoms with Crippen molar-refractivity contribution in [2.75, 3.05) is 18.5 Å². The number of anilines is 1. The Hall–Kier alpha value is -1.87. The molecule has 0 aliphatic carbocycles. The van der Waals surface area contributed by atoms with Crippen LogP contribution in [0.5, 0.6) is 11.5 Å². The average molecular weight is 306 g/mol. The summed E-state index contributed by atoms with van der Waals surface area (Å²) < 4.78 is 11.4. The summed E-state index contributed by atoms with van der Waals surface area (Å²) in [5.74, 6) is 1.67. The lowest BCUT2D eigenvalue weighted by molar-refractivity contribution is 0.234. The van der Waals surface area contributed by atoms with Gasteiger partial charge in [-0.3, -0.25) is 0 Å². The molecular formula is C17H20ClNO2. The molecule has 2 rings (SSSR count). The van der Waals surface area contributed by atoms with Crippen molar-refractivity contribution in [3.63, 3.8) is 0 Å². The molecule has 0 saturated carbocycles. The van der Waals surface area contributed by atoms with Crippen LogP contribution >= 0.6 is 11.6 Å². The highest BCUT2D eigenvalue weighted by molar-refractivity contribution is 6.30. The van der Waals surface area contributed by atoms with Gasteiger partial charge in [-0.15, -0.1) is 0 Å². The summed E-state index contributed by atoms with van der Waals surface area (Å²) >= 11 is 5.85. The second-order valence-corrected chi connectivity index (χ2v) is 5.13. The third-order valence-electron chi connectivity index (χ3n) is 2.92. The minimum absolute atomic E-state index is 0.0286. The molecule has 0 fully saturated rings. The van der Waals surface area contributed by atoms with Crippen molar-refractivity contribution >= 4 is 17.3 Å². The van der Waals surface area contributed by atoms with E-state index in [1.54, 1.807) is 0 Å². The van der Waals surface area contributed by atoms with Gasteiger partial charge in [0.25, 0.3) is 0 Å². The van der Waals surface area contributed by atoms with E-state index in [2.05, 4.69) is 5.32 Å². The molecule has 2 aromatic carbocycles. The van der Waals surface area contributed by atoms with Crippen LogP contribution in [0.15, 0.2) is 48.5 Å². The number of para-hydroxylation sites is 2. The zero-order chi connectivity index (χ0) is 15.1. The second-order valence-electron chi connectivity index (χ2n) is 4.69. The van der Waals surface area contributed by atoms with Gasteiger partial charge in [-0.1, -0.05) is 23.7 Å². The first kappa shape index (κ1) is 15.5. The van der Waals surface area contributed by atoms with Crippen LogP contribution in [0.2, 0.25) is 5.02 Å². The Morgan fingerprint density at radius 2 is 1.81 bits per heavy atom.